The molecular weight excluding hydrogens is 441 g/mol. The largest absolute Gasteiger partial charge is 0.501 e. The molecule has 0 radical (unpaired) electrons. The van der Waals surface area contributed by atoms with Gasteiger partial charge in [-0.3, -0.25) is 4.79 Å². The maximum atomic E-state index is 12.8. The molecule has 0 aliphatic rings. The summed E-state index contributed by atoms with van der Waals surface area (Å²) in [5.74, 6) is -1.65. The number of halogens is 5. The van der Waals surface area contributed by atoms with Gasteiger partial charge in [0.25, 0.3) is 15.7 Å². The molecule has 2 rings (SSSR count). The molecule has 2 aromatic rings. The molecule has 0 saturated heterocycles. The zero-order valence-corrected chi connectivity index (χ0v) is 16.1. The molecule has 1 amide bonds. The lowest BCUT2D eigenvalue weighted by molar-refractivity contribution is -0.0513. The van der Waals surface area contributed by atoms with Gasteiger partial charge in [0.2, 0.25) is 0 Å². The number of sulfone groups is 1. The summed E-state index contributed by atoms with van der Waals surface area (Å²) in [5, 5.41) is 2.18. The Morgan fingerprint density at radius 2 is 1.57 bits per heavy atom. The van der Waals surface area contributed by atoms with Crippen LogP contribution in [0, 0.1) is 0 Å². The van der Waals surface area contributed by atoms with Crippen LogP contribution in [0.3, 0.4) is 0 Å². The predicted octanol–water partition coefficient (Wildman–Crippen LogP) is 3.85. The Hall–Kier alpha value is -3.09. The van der Waals surface area contributed by atoms with Crippen LogP contribution >= 0.6 is 0 Å². The molecule has 0 aromatic heterocycles. The summed E-state index contributed by atoms with van der Waals surface area (Å²) in [6.07, 6.45) is 0. The predicted molar refractivity (Wildman–Crippen MR) is 93.8 cm³/mol. The third-order valence-electron chi connectivity index (χ3n) is 3.68. The first-order chi connectivity index (χ1) is 13.9. The molecule has 0 fully saturated rings. The number of amides is 1. The van der Waals surface area contributed by atoms with Gasteiger partial charge in [-0.2, -0.15) is 22.0 Å². The molecule has 0 aliphatic carbocycles. The Morgan fingerprint density at radius 1 is 0.967 bits per heavy atom. The molecule has 0 aliphatic heterocycles. The standard InChI is InChI=1S/C17H14F5NO6S/c1-27-12-6-4-10(30(25,26)17(20,21)22)8-11(12)23-15(24)9-3-5-13(28-2)14(7-9)29-16(18)19/h3-8,16H,1-2H3,(H,23,24). The lowest BCUT2D eigenvalue weighted by Gasteiger charge is -2.14. The van der Waals surface area contributed by atoms with E-state index in [0.717, 1.165) is 25.3 Å². The minimum Gasteiger partial charge on any atom is -0.495 e. The molecule has 2 aromatic carbocycles. The fourth-order valence-corrected chi connectivity index (χ4v) is 3.07. The quantitative estimate of drug-likeness (QED) is 0.638. The van der Waals surface area contributed by atoms with Crippen molar-refractivity contribution in [3.63, 3.8) is 0 Å². The Morgan fingerprint density at radius 3 is 2.10 bits per heavy atom. The summed E-state index contributed by atoms with van der Waals surface area (Å²) in [5.41, 5.74) is -6.17. The maximum absolute atomic E-state index is 12.8. The summed E-state index contributed by atoms with van der Waals surface area (Å²) >= 11 is 0. The summed E-state index contributed by atoms with van der Waals surface area (Å²) in [7, 11) is -3.35. The van der Waals surface area contributed by atoms with Crippen molar-refractivity contribution in [2.24, 2.45) is 0 Å². The zero-order chi connectivity index (χ0) is 22.7. The lowest BCUT2D eigenvalue weighted by Crippen LogP contribution is -2.23. The third-order valence-corrected chi connectivity index (χ3v) is 5.16. The molecule has 1 N–H and O–H groups in total. The topological polar surface area (TPSA) is 90.9 Å². The van der Waals surface area contributed by atoms with Crippen LogP contribution in [0.2, 0.25) is 0 Å². The van der Waals surface area contributed by atoms with Crippen molar-refractivity contribution < 1.29 is 49.4 Å². The Kier molecular flexibility index (Phi) is 6.75. The number of hydrogen-bond acceptors (Lipinski definition) is 6. The highest BCUT2D eigenvalue weighted by Gasteiger charge is 2.47. The minimum atomic E-state index is -5.68. The fourth-order valence-electron chi connectivity index (χ4n) is 2.29. The molecule has 30 heavy (non-hydrogen) atoms. The monoisotopic (exact) mass is 455 g/mol. The smallest absolute Gasteiger partial charge is 0.495 e. The van der Waals surface area contributed by atoms with E-state index < -0.39 is 38.5 Å². The molecule has 0 saturated carbocycles. The zero-order valence-electron chi connectivity index (χ0n) is 15.3. The van der Waals surface area contributed by atoms with E-state index in [-0.39, 0.29) is 22.7 Å². The molecule has 164 valence electrons. The molecule has 13 heteroatoms. The van der Waals surface area contributed by atoms with Gasteiger partial charge in [-0.05, 0) is 36.4 Å². The molecule has 0 atom stereocenters. The van der Waals surface area contributed by atoms with Gasteiger partial charge in [0.05, 0.1) is 24.8 Å². The van der Waals surface area contributed by atoms with Gasteiger partial charge in [-0.1, -0.05) is 0 Å². The van der Waals surface area contributed by atoms with E-state index in [1.165, 1.54) is 13.2 Å². The molecular formula is C17H14F5NO6S. The van der Waals surface area contributed by atoms with E-state index in [1.54, 1.807) is 0 Å². The van der Waals surface area contributed by atoms with E-state index in [4.69, 9.17) is 9.47 Å². The van der Waals surface area contributed by atoms with Crippen LogP contribution in [0.1, 0.15) is 10.4 Å². The number of carbonyl (C=O) groups excluding carboxylic acids is 1. The van der Waals surface area contributed by atoms with E-state index >= 15 is 0 Å². The van der Waals surface area contributed by atoms with Gasteiger partial charge in [0.15, 0.2) is 11.5 Å². The average Bonchev–Trinajstić information content (AvgIpc) is 2.66. The number of benzene rings is 2. The third kappa shape index (κ3) is 4.90. The van der Waals surface area contributed by atoms with Crippen LogP contribution in [0.25, 0.3) is 0 Å². The maximum Gasteiger partial charge on any atom is 0.501 e. The van der Waals surface area contributed by atoms with Gasteiger partial charge in [-0.15, -0.1) is 0 Å². The first-order valence-electron chi connectivity index (χ1n) is 7.84. The minimum absolute atomic E-state index is 0.0947. The number of rotatable bonds is 7. The highest BCUT2D eigenvalue weighted by molar-refractivity contribution is 7.92. The molecule has 7 nitrogen and oxygen atoms in total. The van der Waals surface area contributed by atoms with Crippen molar-refractivity contribution in [1.82, 2.24) is 0 Å². The van der Waals surface area contributed by atoms with Gasteiger partial charge in [-0.25, -0.2) is 8.42 Å². The van der Waals surface area contributed by atoms with Crippen molar-refractivity contribution in [3.05, 3.63) is 42.0 Å². The van der Waals surface area contributed by atoms with Crippen molar-refractivity contribution in [3.8, 4) is 17.2 Å². The molecule has 0 bridgehead atoms. The summed E-state index contributed by atoms with van der Waals surface area (Å²) < 4.78 is 101. The average molecular weight is 455 g/mol. The lowest BCUT2D eigenvalue weighted by atomic mass is 10.1. The number of nitrogens with one attached hydrogen (secondary N) is 1. The van der Waals surface area contributed by atoms with Gasteiger partial charge < -0.3 is 19.5 Å². The first kappa shape index (κ1) is 23.2. The number of methoxy groups -OCH3 is 2. The normalized spacial score (nSPS) is 11.9. The highest BCUT2D eigenvalue weighted by Crippen LogP contribution is 2.35. The number of hydrogen-bond donors (Lipinski definition) is 1. The molecule has 0 unspecified atom stereocenters. The molecule has 0 heterocycles. The van der Waals surface area contributed by atoms with Crippen LogP contribution in [0.4, 0.5) is 27.6 Å². The van der Waals surface area contributed by atoms with Crippen LogP contribution < -0.4 is 19.5 Å². The van der Waals surface area contributed by atoms with Gasteiger partial charge in [0.1, 0.15) is 5.75 Å². The van der Waals surface area contributed by atoms with E-state index in [2.05, 4.69) is 10.1 Å². The van der Waals surface area contributed by atoms with E-state index in [0.29, 0.717) is 12.1 Å². The summed E-state index contributed by atoms with van der Waals surface area (Å²) in [6.45, 7) is -3.21. The second kappa shape index (κ2) is 8.73. The van der Waals surface area contributed by atoms with Gasteiger partial charge >= 0.3 is 12.1 Å². The van der Waals surface area contributed by atoms with Gasteiger partial charge in [0, 0.05) is 5.56 Å². The Labute approximate surface area is 167 Å². The van der Waals surface area contributed by atoms with E-state index in [9.17, 15) is 35.2 Å². The highest BCUT2D eigenvalue weighted by atomic mass is 32.2. The van der Waals surface area contributed by atoms with Crippen LogP contribution in [0.5, 0.6) is 17.2 Å². The number of alkyl halides is 5. The van der Waals surface area contributed by atoms with E-state index in [1.807, 2.05) is 0 Å². The fraction of sp³-hybridized carbons (Fsp3) is 0.235. The van der Waals surface area contributed by atoms with Crippen LogP contribution in [0.15, 0.2) is 41.3 Å². The summed E-state index contributed by atoms with van der Waals surface area (Å²) in [6, 6.07) is 5.42. The number of ether oxygens (including phenoxy) is 3. The number of anilines is 1. The molecule has 0 spiro atoms. The van der Waals surface area contributed by atoms with Crippen molar-refractivity contribution in [2.45, 2.75) is 17.0 Å². The van der Waals surface area contributed by atoms with Crippen molar-refractivity contribution in [1.29, 1.82) is 0 Å². The summed E-state index contributed by atoms with van der Waals surface area (Å²) in [4.78, 5) is 11.3. The van der Waals surface area contributed by atoms with Crippen molar-refractivity contribution in [2.75, 3.05) is 19.5 Å². The van der Waals surface area contributed by atoms with Crippen LogP contribution in [-0.4, -0.2) is 40.7 Å². The number of carbonyl (C=O) groups is 1. The second-order valence-corrected chi connectivity index (χ2v) is 7.45. The van der Waals surface area contributed by atoms with Crippen LogP contribution in [-0.2, 0) is 9.84 Å². The second-order valence-electron chi connectivity index (χ2n) is 5.51. The van der Waals surface area contributed by atoms with Crippen molar-refractivity contribution >= 4 is 21.4 Å². The SMILES string of the molecule is COc1ccc(S(=O)(=O)C(F)(F)F)cc1NC(=O)c1ccc(OC)c(OC(F)F)c1. The first-order valence-corrected chi connectivity index (χ1v) is 9.32. The Balaban J connectivity index is 2.42. The Bertz CT molecular complexity index is 1040.